The van der Waals surface area contributed by atoms with Gasteiger partial charge in [0.1, 0.15) is 11.0 Å². The molecule has 2 aliphatic rings. The van der Waals surface area contributed by atoms with Crippen molar-refractivity contribution < 1.29 is 9.53 Å². The first-order valence-corrected chi connectivity index (χ1v) is 9.12. The molecule has 136 valence electrons. The number of hydrogen-bond donors (Lipinski definition) is 0. The molecule has 1 aromatic heterocycles. The average molecular weight is 365 g/mol. The molecule has 0 spiro atoms. The second-order valence-corrected chi connectivity index (χ2v) is 6.91. The van der Waals surface area contributed by atoms with Crippen LogP contribution in [-0.2, 0) is 16.1 Å². The lowest BCUT2D eigenvalue weighted by atomic mass is 10.2. The number of carbonyl (C=O) groups is 1. The van der Waals surface area contributed by atoms with E-state index in [0.717, 1.165) is 45.0 Å². The van der Waals surface area contributed by atoms with Gasteiger partial charge >= 0.3 is 5.97 Å². The monoisotopic (exact) mass is 364 g/mol. The maximum atomic E-state index is 11.6. The first-order chi connectivity index (χ1) is 12.1. The molecule has 6 nitrogen and oxygen atoms in total. The Bertz CT molecular complexity index is 647. The standard InChI is InChI=1S/C18H25ClN4O2/c1-3-25-17(24)6-7-21-11-14(2)18-22(8-9-23(18)13-21)12-15-4-5-16(19)20-10-15/h4-5,10H,3,6-9,11-13H2,1-2H3. The Balaban J connectivity index is 1.61. The van der Waals surface area contributed by atoms with Crippen LogP contribution < -0.4 is 0 Å². The third kappa shape index (κ3) is 4.44. The number of esters is 1. The summed E-state index contributed by atoms with van der Waals surface area (Å²) in [5, 5.41) is 0.525. The summed E-state index contributed by atoms with van der Waals surface area (Å²) in [4.78, 5) is 22.9. The van der Waals surface area contributed by atoms with Crippen molar-refractivity contribution in [1.29, 1.82) is 0 Å². The Labute approximate surface area is 154 Å². The molecular weight excluding hydrogens is 340 g/mol. The number of ether oxygens (including phenoxy) is 1. The van der Waals surface area contributed by atoms with Crippen LogP contribution in [-0.4, -0.2) is 65.1 Å². The molecule has 1 fully saturated rings. The number of fused-ring (bicyclic) bond motifs is 1. The predicted octanol–water partition coefficient (Wildman–Crippen LogP) is 2.31. The van der Waals surface area contributed by atoms with Gasteiger partial charge in [-0.2, -0.15) is 0 Å². The second-order valence-electron chi connectivity index (χ2n) is 6.53. The molecule has 2 aliphatic heterocycles. The number of halogens is 1. The molecule has 0 radical (unpaired) electrons. The molecule has 0 atom stereocenters. The van der Waals surface area contributed by atoms with E-state index < -0.39 is 0 Å². The van der Waals surface area contributed by atoms with Gasteiger partial charge in [0.15, 0.2) is 0 Å². The maximum Gasteiger partial charge on any atom is 0.307 e. The third-order valence-electron chi connectivity index (χ3n) is 4.55. The predicted molar refractivity (Wildman–Crippen MR) is 96.8 cm³/mol. The summed E-state index contributed by atoms with van der Waals surface area (Å²) in [6.45, 7) is 9.80. The van der Waals surface area contributed by atoms with Gasteiger partial charge < -0.3 is 14.5 Å². The second kappa shape index (κ2) is 8.06. The van der Waals surface area contributed by atoms with Crippen LogP contribution in [0.1, 0.15) is 25.8 Å². The van der Waals surface area contributed by atoms with Gasteiger partial charge in [0.2, 0.25) is 0 Å². The van der Waals surface area contributed by atoms with Crippen molar-refractivity contribution in [2.45, 2.75) is 26.8 Å². The zero-order valence-electron chi connectivity index (χ0n) is 14.9. The van der Waals surface area contributed by atoms with Crippen LogP contribution in [0.3, 0.4) is 0 Å². The van der Waals surface area contributed by atoms with Crippen molar-refractivity contribution in [3.8, 4) is 0 Å². The molecule has 0 N–H and O–H groups in total. The van der Waals surface area contributed by atoms with E-state index in [1.807, 2.05) is 25.3 Å². The zero-order chi connectivity index (χ0) is 17.8. The minimum Gasteiger partial charge on any atom is -0.466 e. The van der Waals surface area contributed by atoms with Crippen molar-refractivity contribution in [3.05, 3.63) is 40.4 Å². The highest BCUT2D eigenvalue weighted by Gasteiger charge is 2.31. The largest absolute Gasteiger partial charge is 0.466 e. The fourth-order valence-corrected chi connectivity index (χ4v) is 3.65. The van der Waals surface area contributed by atoms with Crippen molar-refractivity contribution in [2.24, 2.45) is 0 Å². The molecule has 0 aliphatic carbocycles. The maximum absolute atomic E-state index is 11.6. The molecule has 0 bridgehead atoms. The fraction of sp³-hybridized carbons (Fsp3) is 0.556. The molecule has 25 heavy (non-hydrogen) atoms. The Kier molecular flexibility index (Phi) is 5.81. The van der Waals surface area contributed by atoms with Crippen molar-refractivity contribution in [1.82, 2.24) is 19.7 Å². The van der Waals surface area contributed by atoms with E-state index in [-0.39, 0.29) is 5.97 Å². The Morgan fingerprint density at radius 3 is 2.92 bits per heavy atom. The average Bonchev–Trinajstić information content (AvgIpc) is 2.99. The lowest BCUT2D eigenvalue weighted by molar-refractivity contribution is -0.143. The lowest BCUT2D eigenvalue weighted by Gasteiger charge is -2.37. The number of aromatic nitrogens is 1. The van der Waals surface area contributed by atoms with E-state index >= 15 is 0 Å². The van der Waals surface area contributed by atoms with Gasteiger partial charge in [-0.25, -0.2) is 4.98 Å². The number of pyridine rings is 1. The van der Waals surface area contributed by atoms with Crippen LogP contribution in [0.2, 0.25) is 5.15 Å². The highest BCUT2D eigenvalue weighted by Crippen LogP contribution is 2.28. The van der Waals surface area contributed by atoms with Crippen LogP contribution in [0.25, 0.3) is 0 Å². The van der Waals surface area contributed by atoms with Gasteiger partial charge in [0.25, 0.3) is 0 Å². The normalized spacial score (nSPS) is 17.9. The smallest absolute Gasteiger partial charge is 0.307 e. The zero-order valence-corrected chi connectivity index (χ0v) is 15.6. The van der Waals surface area contributed by atoms with Gasteiger partial charge in [-0.1, -0.05) is 17.7 Å². The Hall–Kier alpha value is -1.79. The highest BCUT2D eigenvalue weighted by molar-refractivity contribution is 6.29. The number of rotatable bonds is 6. The summed E-state index contributed by atoms with van der Waals surface area (Å²) in [5.41, 5.74) is 2.51. The molecule has 0 saturated carbocycles. The van der Waals surface area contributed by atoms with Gasteiger partial charge in [0, 0.05) is 38.9 Å². The summed E-state index contributed by atoms with van der Waals surface area (Å²) < 4.78 is 5.02. The van der Waals surface area contributed by atoms with Crippen molar-refractivity contribution in [2.75, 3.05) is 39.5 Å². The van der Waals surface area contributed by atoms with E-state index in [1.54, 1.807) is 0 Å². The molecule has 3 rings (SSSR count). The van der Waals surface area contributed by atoms with Crippen molar-refractivity contribution >= 4 is 17.6 Å². The van der Waals surface area contributed by atoms with Gasteiger partial charge in [-0.05, 0) is 31.1 Å². The molecule has 0 unspecified atom stereocenters. The van der Waals surface area contributed by atoms with Crippen LogP contribution in [0.15, 0.2) is 29.7 Å². The topological polar surface area (TPSA) is 48.9 Å². The molecule has 7 heteroatoms. The Morgan fingerprint density at radius 2 is 2.20 bits per heavy atom. The lowest BCUT2D eigenvalue weighted by Crippen LogP contribution is -2.43. The summed E-state index contributed by atoms with van der Waals surface area (Å²) in [5.74, 6) is 1.20. The molecule has 3 heterocycles. The molecule has 1 saturated heterocycles. The summed E-state index contributed by atoms with van der Waals surface area (Å²) in [7, 11) is 0. The van der Waals surface area contributed by atoms with Crippen LogP contribution in [0.5, 0.6) is 0 Å². The fourth-order valence-electron chi connectivity index (χ4n) is 3.53. The third-order valence-corrected chi connectivity index (χ3v) is 4.78. The van der Waals surface area contributed by atoms with Crippen LogP contribution in [0, 0.1) is 0 Å². The van der Waals surface area contributed by atoms with Crippen LogP contribution in [0.4, 0.5) is 0 Å². The molecular formula is C18H25ClN4O2. The van der Waals surface area contributed by atoms with E-state index in [9.17, 15) is 4.79 Å². The SMILES string of the molecule is CCOC(=O)CCN1CC(C)=C2N(Cc3ccc(Cl)nc3)CCN2C1. The van der Waals surface area contributed by atoms with E-state index in [1.165, 1.54) is 11.4 Å². The summed E-state index contributed by atoms with van der Waals surface area (Å²) >= 11 is 5.87. The van der Waals surface area contributed by atoms with E-state index in [4.69, 9.17) is 16.3 Å². The molecule has 0 amide bonds. The van der Waals surface area contributed by atoms with Crippen molar-refractivity contribution in [3.63, 3.8) is 0 Å². The minimum atomic E-state index is -0.117. The number of carbonyl (C=O) groups excluding carboxylic acids is 1. The van der Waals surface area contributed by atoms with Gasteiger partial charge in [-0.3, -0.25) is 9.69 Å². The van der Waals surface area contributed by atoms with Gasteiger partial charge in [-0.15, -0.1) is 0 Å². The first-order valence-electron chi connectivity index (χ1n) is 8.75. The number of hydrogen-bond acceptors (Lipinski definition) is 6. The summed E-state index contributed by atoms with van der Waals surface area (Å²) in [6, 6.07) is 3.87. The van der Waals surface area contributed by atoms with E-state index in [0.29, 0.717) is 18.2 Å². The molecule has 1 aromatic rings. The number of nitrogens with zero attached hydrogens (tertiary/aromatic N) is 4. The summed E-state index contributed by atoms with van der Waals surface area (Å²) in [6.07, 6.45) is 2.29. The highest BCUT2D eigenvalue weighted by atomic mass is 35.5. The van der Waals surface area contributed by atoms with E-state index in [2.05, 4.69) is 26.6 Å². The van der Waals surface area contributed by atoms with Crippen LogP contribution >= 0.6 is 11.6 Å². The minimum absolute atomic E-state index is 0.117. The quantitative estimate of drug-likeness (QED) is 0.570. The van der Waals surface area contributed by atoms with Gasteiger partial charge in [0.05, 0.1) is 19.7 Å². The first kappa shape index (κ1) is 18.0. The Morgan fingerprint density at radius 1 is 1.36 bits per heavy atom. The molecule has 0 aromatic carbocycles.